The molecule has 1 aliphatic heterocycles. The Morgan fingerprint density at radius 3 is 2.55 bits per heavy atom. The summed E-state index contributed by atoms with van der Waals surface area (Å²) in [5.41, 5.74) is 4.26. The van der Waals surface area contributed by atoms with Crippen molar-refractivity contribution in [2.75, 3.05) is 13.2 Å². The zero-order chi connectivity index (χ0) is 23.2. The number of esters is 1. The summed E-state index contributed by atoms with van der Waals surface area (Å²) < 4.78 is 10.6. The summed E-state index contributed by atoms with van der Waals surface area (Å²) in [5, 5.41) is 2.78. The minimum Gasteiger partial charge on any atom is -0.459 e. The fraction of sp³-hybridized carbons (Fsp3) is 0.269. The van der Waals surface area contributed by atoms with Crippen molar-refractivity contribution >= 4 is 17.8 Å². The van der Waals surface area contributed by atoms with E-state index in [0.29, 0.717) is 19.4 Å². The number of aryl methyl sites for hydroxylation is 1. The summed E-state index contributed by atoms with van der Waals surface area (Å²) in [4.78, 5) is 39.5. The maximum atomic E-state index is 13.0. The molecule has 1 N–H and O–H groups in total. The normalized spacial score (nSPS) is 14.9. The quantitative estimate of drug-likeness (QED) is 0.564. The molecule has 0 aliphatic carbocycles. The van der Waals surface area contributed by atoms with Crippen LogP contribution in [0.2, 0.25) is 0 Å². The number of furan rings is 1. The summed E-state index contributed by atoms with van der Waals surface area (Å²) in [6.07, 6.45) is 2.42. The highest BCUT2D eigenvalue weighted by atomic mass is 16.5. The van der Waals surface area contributed by atoms with Crippen LogP contribution in [0.1, 0.15) is 32.8 Å². The minimum absolute atomic E-state index is 0.154. The molecule has 1 aliphatic rings. The fourth-order valence-corrected chi connectivity index (χ4v) is 4.00. The van der Waals surface area contributed by atoms with Gasteiger partial charge in [0.05, 0.1) is 6.26 Å². The number of hydrogen-bond acceptors (Lipinski definition) is 5. The van der Waals surface area contributed by atoms with Gasteiger partial charge >= 0.3 is 5.97 Å². The molecule has 2 heterocycles. The van der Waals surface area contributed by atoms with Crippen molar-refractivity contribution in [1.29, 1.82) is 0 Å². The number of benzene rings is 2. The average molecular weight is 447 g/mol. The van der Waals surface area contributed by atoms with Gasteiger partial charge in [0, 0.05) is 19.5 Å². The van der Waals surface area contributed by atoms with Gasteiger partial charge in [-0.25, -0.2) is 4.79 Å². The van der Waals surface area contributed by atoms with Gasteiger partial charge in [-0.3, -0.25) is 9.59 Å². The summed E-state index contributed by atoms with van der Waals surface area (Å²) in [6, 6.07) is 18.0. The van der Waals surface area contributed by atoms with Crippen LogP contribution in [0.15, 0.2) is 71.3 Å². The van der Waals surface area contributed by atoms with Gasteiger partial charge in [-0.05, 0) is 47.7 Å². The van der Waals surface area contributed by atoms with Crippen LogP contribution in [0.3, 0.4) is 0 Å². The molecule has 0 fully saturated rings. The zero-order valence-electron chi connectivity index (χ0n) is 18.5. The number of carbonyl (C=O) groups is 3. The maximum absolute atomic E-state index is 13.0. The second-order valence-electron chi connectivity index (χ2n) is 8.03. The van der Waals surface area contributed by atoms with E-state index in [1.807, 2.05) is 55.5 Å². The summed E-state index contributed by atoms with van der Waals surface area (Å²) in [7, 11) is 0. The Hall–Kier alpha value is -3.87. The highest BCUT2D eigenvalue weighted by Crippen LogP contribution is 2.26. The van der Waals surface area contributed by atoms with Crippen LogP contribution in [-0.2, 0) is 33.7 Å². The van der Waals surface area contributed by atoms with Gasteiger partial charge in [-0.15, -0.1) is 0 Å². The van der Waals surface area contributed by atoms with Crippen molar-refractivity contribution in [1.82, 2.24) is 10.2 Å². The molecular formula is C26H26N2O5. The van der Waals surface area contributed by atoms with Crippen LogP contribution in [0.5, 0.6) is 0 Å². The van der Waals surface area contributed by atoms with Crippen LogP contribution >= 0.6 is 0 Å². The molecule has 170 valence electrons. The molecular weight excluding hydrogens is 420 g/mol. The smallest absolute Gasteiger partial charge is 0.329 e. The molecule has 33 heavy (non-hydrogen) atoms. The van der Waals surface area contributed by atoms with E-state index in [0.717, 1.165) is 22.3 Å². The number of hydrogen-bond donors (Lipinski definition) is 1. The number of nitrogens with zero attached hydrogens (tertiary/aromatic N) is 1. The second kappa shape index (κ2) is 10.2. The van der Waals surface area contributed by atoms with Gasteiger partial charge < -0.3 is 19.4 Å². The maximum Gasteiger partial charge on any atom is 0.329 e. The van der Waals surface area contributed by atoms with E-state index in [1.54, 1.807) is 12.1 Å². The number of amides is 2. The number of fused-ring (bicyclic) bond motifs is 1. The summed E-state index contributed by atoms with van der Waals surface area (Å²) in [5.74, 6) is -1.23. The fourth-order valence-electron chi connectivity index (χ4n) is 4.00. The third-order valence-corrected chi connectivity index (χ3v) is 5.84. The molecule has 0 bridgehead atoms. The molecule has 7 heteroatoms. The van der Waals surface area contributed by atoms with E-state index in [9.17, 15) is 14.4 Å². The van der Waals surface area contributed by atoms with Crippen LogP contribution in [0, 0.1) is 6.92 Å². The molecule has 0 saturated carbocycles. The SMILES string of the molecule is Cc1ccccc1CCNC(=O)COC(=O)[C@@H]1Cc2ccccc2CN1C(=O)c1ccco1. The van der Waals surface area contributed by atoms with E-state index in [1.165, 1.54) is 11.2 Å². The van der Waals surface area contributed by atoms with Crippen LogP contribution < -0.4 is 5.32 Å². The third-order valence-electron chi connectivity index (χ3n) is 5.84. The monoisotopic (exact) mass is 446 g/mol. The molecule has 0 radical (unpaired) electrons. The molecule has 0 unspecified atom stereocenters. The van der Waals surface area contributed by atoms with Gasteiger partial charge in [0.1, 0.15) is 6.04 Å². The predicted molar refractivity (Wildman–Crippen MR) is 121 cm³/mol. The number of ether oxygens (including phenoxy) is 1. The Labute approximate surface area is 192 Å². The van der Waals surface area contributed by atoms with Crippen LogP contribution in [0.25, 0.3) is 0 Å². The van der Waals surface area contributed by atoms with Gasteiger partial charge in [0.25, 0.3) is 11.8 Å². The topological polar surface area (TPSA) is 88.9 Å². The lowest BCUT2D eigenvalue weighted by Crippen LogP contribution is -2.49. The van der Waals surface area contributed by atoms with Gasteiger partial charge in [-0.2, -0.15) is 0 Å². The standard InChI is InChI=1S/C26H26N2O5/c1-18-7-2-3-8-19(18)12-13-27-24(29)17-33-26(31)22-15-20-9-4-5-10-21(20)16-28(22)25(30)23-11-6-14-32-23/h2-11,14,22H,12-13,15-17H2,1H3,(H,27,29)/t22-/m0/s1. The lowest BCUT2D eigenvalue weighted by molar-refractivity contribution is -0.153. The van der Waals surface area contributed by atoms with Gasteiger partial charge in [0.2, 0.25) is 0 Å². The predicted octanol–water partition coefficient (Wildman–Crippen LogP) is 3.06. The van der Waals surface area contributed by atoms with Gasteiger partial charge in [0.15, 0.2) is 12.4 Å². The highest BCUT2D eigenvalue weighted by molar-refractivity contribution is 5.95. The van der Waals surface area contributed by atoms with Crippen molar-refractivity contribution in [3.63, 3.8) is 0 Å². The Kier molecular flexibility index (Phi) is 6.88. The highest BCUT2D eigenvalue weighted by Gasteiger charge is 2.37. The van der Waals surface area contributed by atoms with Crippen LogP contribution in [-0.4, -0.2) is 41.9 Å². The molecule has 0 saturated heterocycles. The van der Waals surface area contributed by atoms with Crippen molar-refractivity contribution in [2.24, 2.45) is 0 Å². The van der Waals surface area contributed by atoms with Crippen molar-refractivity contribution < 1.29 is 23.5 Å². The van der Waals surface area contributed by atoms with E-state index in [-0.39, 0.29) is 24.1 Å². The van der Waals surface area contributed by atoms with E-state index >= 15 is 0 Å². The first kappa shape index (κ1) is 22.3. The Balaban J connectivity index is 1.36. The molecule has 7 nitrogen and oxygen atoms in total. The molecule has 1 aromatic heterocycles. The summed E-state index contributed by atoms with van der Waals surface area (Å²) in [6.45, 7) is 2.34. The third kappa shape index (κ3) is 5.31. The Bertz CT molecular complexity index is 1140. The van der Waals surface area contributed by atoms with Crippen molar-refractivity contribution in [3.8, 4) is 0 Å². The first-order chi connectivity index (χ1) is 16.0. The molecule has 2 aromatic carbocycles. The lowest BCUT2D eigenvalue weighted by Gasteiger charge is -2.34. The lowest BCUT2D eigenvalue weighted by atomic mass is 9.93. The van der Waals surface area contributed by atoms with Crippen molar-refractivity contribution in [2.45, 2.75) is 32.4 Å². The van der Waals surface area contributed by atoms with Crippen LogP contribution in [0.4, 0.5) is 0 Å². The van der Waals surface area contributed by atoms with Crippen molar-refractivity contribution in [3.05, 3.63) is 94.9 Å². The minimum atomic E-state index is -0.836. The molecule has 0 spiro atoms. The first-order valence-corrected chi connectivity index (χ1v) is 10.9. The number of rotatable bonds is 7. The van der Waals surface area contributed by atoms with Gasteiger partial charge in [-0.1, -0.05) is 48.5 Å². The zero-order valence-corrected chi connectivity index (χ0v) is 18.5. The average Bonchev–Trinajstić information content (AvgIpc) is 3.37. The Morgan fingerprint density at radius 2 is 1.79 bits per heavy atom. The van der Waals surface area contributed by atoms with E-state index < -0.39 is 18.6 Å². The number of nitrogens with one attached hydrogen (secondary N) is 1. The summed E-state index contributed by atoms with van der Waals surface area (Å²) >= 11 is 0. The molecule has 4 rings (SSSR count). The van der Waals surface area contributed by atoms with E-state index in [2.05, 4.69) is 5.32 Å². The molecule has 2 amide bonds. The molecule has 1 atom stereocenters. The molecule has 3 aromatic rings. The number of carbonyl (C=O) groups excluding carboxylic acids is 3. The largest absolute Gasteiger partial charge is 0.459 e. The first-order valence-electron chi connectivity index (χ1n) is 10.9. The second-order valence-corrected chi connectivity index (χ2v) is 8.03. The Morgan fingerprint density at radius 1 is 1.03 bits per heavy atom. The van der Waals surface area contributed by atoms with E-state index in [4.69, 9.17) is 9.15 Å².